The van der Waals surface area contributed by atoms with E-state index in [1.54, 1.807) is 0 Å². The Bertz CT molecular complexity index is 583. The van der Waals surface area contributed by atoms with Gasteiger partial charge in [-0.05, 0) is 37.3 Å². The molecule has 0 aliphatic heterocycles. The summed E-state index contributed by atoms with van der Waals surface area (Å²) in [5.74, 6) is 0.00931. The fourth-order valence-corrected chi connectivity index (χ4v) is 2.15. The number of rotatable bonds is 1. The predicted molar refractivity (Wildman–Crippen MR) is 65.1 cm³/mol. The van der Waals surface area contributed by atoms with Gasteiger partial charge in [-0.25, -0.2) is 0 Å². The first kappa shape index (κ1) is 10.7. The highest BCUT2D eigenvalue weighted by Crippen LogP contribution is 2.34. The van der Waals surface area contributed by atoms with Crippen molar-refractivity contribution in [3.8, 4) is 5.75 Å². The summed E-state index contributed by atoms with van der Waals surface area (Å²) in [6, 6.07) is 7.59. The van der Waals surface area contributed by atoms with E-state index in [1.165, 1.54) is 6.92 Å². The van der Waals surface area contributed by atoms with Crippen LogP contribution in [-0.4, -0.2) is 10.9 Å². The van der Waals surface area contributed by atoms with Crippen LogP contribution in [0.1, 0.15) is 28.4 Å². The zero-order chi connectivity index (χ0) is 11.9. The normalized spacial score (nSPS) is 10.7. The highest BCUT2D eigenvalue weighted by molar-refractivity contribution is 6.06. The second-order valence-electron chi connectivity index (χ2n) is 4.08. The van der Waals surface area contributed by atoms with Gasteiger partial charge in [0.1, 0.15) is 5.75 Å². The third kappa shape index (κ3) is 1.38. The summed E-state index contributed by atoms with van der Waals surface area (Å²) >= 11 is 0. The van der Waals surface area contributed by atoms with Crippen LogP contribution in [0.4, 0.5) is 0 Å². The number of benzene rings is 2. The van der Waals surface area contributed by atoms with Crippen molar-refractivity contribution in [2.24, 2.45) is 0 Å². The first-order valence-electron chi connectivity index (χ1n) is 5.26. The number of Topliss-reactive ketones (excluding diaryl/α,β-unsaturated/α-hetero) is 1. The maximum absolute atomic E-state index is 11.5. The van der Waals surface area contributed by atoms with Crippen molar-refractivity contribution < 1.29 is 9.90 Å². The van der Waals surface area contributed by atoms with Gasteiger partial charge in [0.15, 0.2) is 5.78 Å². The number of fused-ring (bicyclic) bond motifs is 1. The molecule has 0 aliphatic carbocycles. The molecule has 0 heterocycles. The van der Waals surface area contributed by atoms with E-state index >= 15 is 0 Å². The molecule has 0 saturated heterocycles. The van der Waals surface area contributed by atoms with Gasteiger partial charge >= 0.3 is 0 Å². The Morgan fingerprint density at radius 3 is 2.19 bits per heavy atom. The van der Waals surface area contributed by atoms with Crippen molar-refractivity contribution >= 4 is 16.6 Å². The number of hydrogen-bond acceptors (Lipinski definition) is 2. The van der Waals surface area contributed by atoms with Crippen LogP contribution in [0.3, 0.4) is 0 Å². The molecule has 2 aromatic rings. The van der Waals surface area contributed by atoms with E-state index in [4.69, 9.17) is 0 Å². The van der Waals surface area contributed by atoms with E-state index in [2.05, 4.69) is 0 Å². The molecule has 0 fully saturated rings. The molecule has 2 aromatic carbocycles. The molecule has 0 spiro atoms. The van der Waals surface area contributed by atoms with Crippen LogP contribution >= 0.6 is 0 Å². The molecule has 0 aromatic heterocycles. The molecule has 0 unspecified atom stereocenters. The minimum atomic E-state index is -0.0937. The smallest absolute Gasteiger partial charge is 0.163 e. The maximum atomic E-state index is 11.5. The lowest BCUT2D eigenvalue weighted by atomic mass is 9.93. The van der Waals surface area contributed by atoms with Gasteiger partial charge in [0.05, 0.1) is 5.56 Å². The molecule has 1 N–H and O–H groups in total. The van der Waals surface area contributed by atoms with Crippen LogP contribution in [0.5, 0.6) is 5.75 Å². The fraction of sp³-hybridized carbons (Fsp3) is 0.214. The Morgan fingerprint density at radius 2 is 1.62 bits per heavy atom. The number of hydrogen-bond donors (Lipinski definition) is 1. The van der Waals surface area contributed by atoms with Gasteiger partial charge in [-0.15, -0.1) is 0 Å². The number of phenols is 1. The van der Waals surface area contributed by atoms with Gasteiger partial charge in [0.2, 0.25) is 0 Å². The number of carbonyl (C=O) groups is 1. The SMILES string of the molecule is CC(=O)c1c(C)c(C)c2ccccc2c1O. The van der Waals surface area contributed by atoms with Crippen molar-refractivity contribution in [2.45, 2.75) is 20.8 Å². The minimum absolute atomic E-state index is 0.0937. The van der Waals surface area contributed by atoms with Crippen molar-refractivity contribution in [3.63, 3.8) is 0 Å². The quantitative estimate of drug-likeness (QED) is 0.739. The van der Waals surface area contributed by atoms with E-state index < -0.39 is 0 Å². The maximum Gasteiger partial charge on any atom is 0.163 e. The van der Waals surface area contributed by atoms with Crippen LogP contribution in [0.2, 0.25) is 0 Å². The van der Waals surface area contributed by atoms with Gasteiger partial charge in [-0.1, -0.05) is 24.3 Å². The first-order valence-corrected chi connectivity index (χ1v) is 5.26. The lowest BCUT2D eigenvalue weighted by Gasteiger charge is -2.13. The third-order valence-corrected chi connectivity index (χ3v) is 3.11. The number of aromatic hydroxyl groups is 1. The first-order chi connectivity index (χ1) is 7.54. The second kappa shape index (κ2) is 3.63. The fourth-order valence-electron chi connectivity index (χ4n) is 2.15. The summed E-state index contributed by atoms with van der Waals surface area (Å²) in [6.07, 6.45) is 0. The molecule has 0 radical (unpaired) electrons. The molecule has 82 valence electrons. The van der Waals surface area contributed by atoms with E-state index in [0.29, 0.717) is 5.56 Å². The molecule has 0 saturated carbocycles. The summed E-state index contributed by atoms with van der Waals surface area (Å²) in [4.78, 5) is 11.5. The Kier molecular flexibility index (Phi) is 2.43. The Morgan fingerprint density at radius 1 is 1.06 bits per heavy atom. The molecular formula is C14H14O2. The standard InChI is InChI=1S/C14H14O2/c1-8-9(2)13(10(3)15)14(16)12-7-5-4-6-11(8)12/h4-7,16H,1-3H3. The molecule has 2 rings (SSSR count). The zero-order valence-corrected chi connectivity index (χ0v) is 9.66. The van der Waals surface area contributed by atoms with Gasteiger partial charge in [-0.3, -0.25) is 4.79 Å². The Labute approximate surface area is 94.5 Å². The molecule has 16 heavy (non-hydrogen) atoms. The van der Waals surface area contributed by atoms with Gasteiger partial charge in [0.25, 0.3) is 0 Å². The molecular weight excluding hydrogens is 200 g/mol. The van der Waals surface area contributed by atoms with Crippen LogP contribution in [-0.2, 0) is 0 Å². The summed E-state index contributed by atoms with van der Waals surface area (Å²) in [5, 5.41) is 11.9. The van der Waals surface area contributed by atoms with Crippen molar-refractivity contribution in [2.75, 3.05) is 0 Å². The van der Waals surface area contributed by atoms with Crippen LogP contribution in [0.25, 0.3) is 10.8 Å². The van der Waals surface area contributed by atoms with Crippen molar-refractivity contribution in [1.82, 2.24) is 0 Å². The van der Waals surface area contributed by atoms with E-state index in [1.807, 2.05) is 38.1 Å². The summed E-state index contributed by atoms with van der Waals surface area (Å²) in [7, 11) is 0. The summed E-state index contributed by atoms with van der Waals surface area (Å²) < 4.78 is 0. The Hall–Kier alpha value is -1.83. The summed E-state index contributed by atoms with van der Waals surface area (Å²) in [5.41, 5.74) is 2.36. The van der Waals surface area contributed by atoms with E-state index in [-0.39, 0.29) is 11.5 Å². The van der Waals surface area contributed by atoms with Gasteiger partial charge in [0, 0.05) is 5.39 Å². The summed E-state index contributed by atoms with van der Waals surface area (Å²) in [6.45, 7) is 5.33. The van der Waals surface area contributed by atoms with Crippen LogP contribution in [0.15, 0.2) is 24.3 Å². The largest absolute Gasteiger partial charge is 0.507 e. The van der Waals surface area contributed by atoms with E-state index in [9.17, 15) is 9.90 Å². The molecule has 0 aliphatic rings. The van der Waals surface area contributed by atoms with Crippen LogP contribution < -0.4 is 0 Å². The average molecular weight is 214 g/mol. The Balaban J connectivity index is 3.00. The van der Waals surface area contributed by atoms with Gasteiger partial charge in [-0.2, -0.15) is 0 Å². The second-order valence-corrected chi connectivity index (χ2v) is 4.08. The van der Waals surface area contributed by atoms with Gasteiger partial charge < -0.3 is 5.11 Å². The molecule has 0 bridgehead atoms. The molecule has 2 nitrogen and oxygen atoms in total. The molecule has 0 atom stereocenters. The highest BCUT2D eigenvalue weighted by atomic mass is 16.3. The average Bonchev–Trinajstić information content (AvgIpc) is 2.26. The van der Waals surface area contributed by atoms with Crippen molar-refractivity contribution in [3.05, 3.63) is 41.0 Å². The lowest BCUT2D eigenvalue weighted by molar-refractivity contribution is 0.101. The van der Waals surface area contributed by atoms with Crippen LogP contribution in [0, 0.1) is 13.8 Å². The highest BCUT2D eigenvalue weighted by Gasteiger charge is 2.16. The zero-order valence-electron chi connectivity index (χ0n) is 9.66. The van der Waals surface area contributed by atoms with Crippen molar-refractivity contribution in [1.29, 1.82) is 0 Å². The number of ketones is 1. The lowest BCUT2D eigenvalue weighted by Crippen LogP contribution is -2.00. The number of aryl methyl sites for hydroxylation is 1. The number of phenolic OH excluding ortho intramolecular Hbond substituents is 1. The number of carbonyl (C=O) groups excluding carboxylic acids is 1. The monoisotopic (exact) mass is 214 g/mol. The van der Waals surface area contributed by atoms with E-state index in [0.717, 1.165) is 21.9 Å². The predicted octanol–water partition coefficient (Wildman–Crippen LogP) is 3.36. The molecule has 0 amide bonds. The third-order valence-electron chi connectivity index (χ3n) is 3.11. The topological polar surface area (TPSA) is 37.3 Å². The minimum Gasteiger partial charge on any atom is -0.507 e. The molecule has 2 heteroatoms.